The van der Waals surface area contributed by atoms with E-state index in [2.05, 4.69) is 25.7 Å². The number of aliphatic hydroxyl groups excluding tert-OH is 1. The third-order valence-corrected chi connectivity index (χ3v) is 2.45. The zero-order valence-corrected chi connectivity index (χ0v) is 10.8. The van der Waals surface area contributed by atoms with Crippen molar-refractivity contribution in [2.75, 3.05) is 19.7 Å². The van der Waals surface area contributed by atoms with Crippen molar-refractivity contribution in [1.29, 1.82) is 0 Å². The highest BCUT2D eigenvalue weighted by Crippen LogP contribution is 2.18. The number of aryl methyl sites for hydroxylation is 1. The third-order valence-electron chi connectivity index (χ3n) is 2.45. The zero-order chi connectivity index (χ0) is 12.2. The van der Waals surface area contributed by atoms with Gasteiger partial charge in [-0.2, -0.15) is 0 Å². The molecule has 1 heterocycles. The van der Waals surface area contributed by atoms with E-state index in [9.17, 15) is 0 Å². The molecule has 0 saturated heterocycles. The van der Waals surface area contributed by atoms with Crippen LogP contribution >= 0.6 is 0 Å². The number of hydrogen-bond acceptors (Lipinski definition) is 3. The van der Waals surface area contributed by atoms with Gasteiger partial charge in [-0.25, -0.2) is 0 Å². The standard InChI is InChI=1S/C13H23NO2/c1-11-5-8-16-12(11)9-14(6-7-15)10-13(2,3)4/h5,8,15H,6-7,9-10H2,1-4H3. The van der Waals surface area contributed by atoms with E-state index in [4.69, 9.17) is 9.52 Å². The van der Waals surface area contributed by atoms with Crippen LogP contribution in [0.15, 0.2) is 16.7 Å². The quantitative estimate of drug-likeness (QED) is 0.836. The van der Waals surface area contributed by atoms with Crippen molar-refractivity contribution in [3.05, 3.63) is 23.7 Å². The Bertz CT molecular complexity index is 312. The van der Waals surface area contributed by atoms with Gasteiger partial charge in [0, 0.05) is 13.1 Å². The summed E-state index contributed by atoms with van der Waals surface area (Å²) in [5, 5.41) is 9.06. The average molecular weight is 225 g/mol. The maximum absolute atomic E-state index is 9.06. The summed E-state index contributed by atoms with van der Waals surface area (Å²) in [7, 11) is 0. The SMILES string of the molecule is Cc1ccoc1CN(CCO)CC(C)(C)C. The Morgan fingerprint density at radius 1 is 1.38 bits per heavy atom. The van der Waals surface area contributed by atoms with E-state index in [0.717, 1.165) is 18.8 Å². The minimum atomic E-state index is 0.190. The lowest BCUT2D eigenvalue weighted by Crippen LogP contribution is -2.34. The molecule has 0 aliphatic carbocycles. The Hall–Kier alpha value is -0.800. The molecule has 0 bridgehead atoms. The lowest BCUT2D eigenvalue weighted by molar-refractivity contribution is 0.138. The Balaban J connectivity index is 2.61. The summed E-state index contributed by atoms with van der Waals surface area (Å²) in [5.41, 5.74) is 1.41. The Labute approximate surface area is 98.1 Å². The first-order chi connectivity index (χ1) is 7.42. The molecule has 92 valence electrons. The van der Waals surface area contributed by atoms with E-state index in [1.54, 1.807) is 6.26 Å². The van der Waals surface area contributed by atoms with Gasteiger partial charge >= 0.3 is 0 Å². The highest BCUT2D eigenvalue weighted by molar-refractivity contribution is 5.14. The van der Waals surface area contributed by atoms with Crippen molar-refractivity contribution < 1.29 is 9.52 Å². The summed E-state index contributed by atoms with van der Waals surface area (Å²) in [6, 6.07) is 1.98. The zero-order valence-electron chi connectivity index (χ0n) is 10.8. The molecular formula is C13H23NO2. The molecule has 0 aliphatic rings. The van der Waals surface area contributed by atoms with Crippen LogP contribution in [0.2, 0.25) is 0 Å². The first-order valence-electron chi connectivity index (χ1n) is 5.78. The predicted octanol–water partition coefficient (Wildman–Crippen LogP) is 2.43. The largest absolute Gasteiger partial charge is 0.468 e. The molecule has 0 saturated carbocycles. The molecule has 3 nitrogen and oxygen atoms in total. The highest BCUT2D eigenvalue weighted by atomic mass is 16.3. The van der Waals surface area contributed by atoms with Gasteiger partial charge in [0.1, 0.15) is 5.76 Å². The number of hydrogen-bond donors (Lipinski definition) is 1. The second-order valence-electron chi connectivity index (χ2n) is 5.52. The highest BCUT2D eigenvalue weighted by Gasteiger charge is 2.17. The fourth-order valence-corrected chi connectivity index (χ4v) is 1.80. The topological polar surface area (TPSA) is 36.6 Å². The number of aliphatic hydroxyl groups is 1. The van der Waals surface area contributed by atoms with Gasteiger partial charge in [-0.1, -0.05) is 20.8 Å². The van der Waals surface area contributed by atoms with Crippen molar-refractivity contribution in [3.63, 3.8) is 0 Å². The molecule has 0 spiro atoms. The Morgan fingerprint density at radius 3 is 2.50 bits per heavy atom. The summed E-state index contributed by atoms with van der Waals surface area (Å²) in [4.78, 5) is 2.23. The Morgan fingerprint density at radius 2 is 2.06 bits per heavy atom. The second-order valence-corrected chi connectivity index (χ2v) is 5.52. The minimum absolute atomic E-state index is 0.190. The molecule has 1 rings (SSSR count). The fraction of sp³-hybridized carbons (Fsp3) is 0.692. The lowest BCUT2D eigenvalue weighted by atomic mass is 9.96. The Kier molecular flexibility index (Phi) is 4.56. The van der Waals surface area contributed by atoms with Gasteiger partial charge in [0.2, 0.25) is 0 Å². The third kappa shape index (κ3) is 4.37. The average Bonchev–Trinajstić information content (AvgIpc) is 2.49. The van der Waals surface area contributed by atoms with Gasteiger partial charge < -0.3 is 9.52 Å². The molecule has 0 radical (unpaired) electrons. The summed E-state index contributed by atoms with van der Waals surface area (Å²) < 4.78 is 5.43. The van der Waals surface area contributed by atoms with Crippen molar-refractivity contribution >= 4 is 0 Å². The van der Waals surface area contributed by atoms with Crippen LogP contribution in [0.4, 0.5) is 0 Å². The molecule has 0 aliphatic heterocycles. The van der Waals surface area contributed by atoms with Crippen LogP contribution in [0.1, 0.15) is 32.1 Å². The normalized spacial score (nSPS) is 12.4. The van der Waals surface area contributed by atoms with Gasteiger partial charge in [-0.05, 0) is 24.0 Å². The van der Waals surface area contributed by atoms with Crippen molar-refractivity contribution in [2.24, 2.45) is 5.41 Å². The molecule has 1 N–H and O–H groups in total. The monoisotopic (exact) mass is 225 g/mol. The molecular weight excluding hydrogens is 202 g/mol. The van der Waals surface area contributed by atoms with Gasteiger partial charge in [-0.15, -0.1) is 0 Å². The fourth-order valence-electron chi connectivity index (χ4n) is 1.80. The molecule has 1 aromatic rings. The van der Waals surface area contributed by atoms with Crippen LogP contribution in [0, 0.1) is 12.3 Å². The summed E-state index contributed by atoms with van der Waals surface area (Å²) in [6.07, 6.45) is 1.72. The lowest BCUT2D eigenvalue weighted by Gasteiger charge is -2.28. The smallest absolute Gasteiger partial charge is 0.120 e. The second kappa shape index (κ2) is 5.51. The van der Waals surface area contributed by atoms with Crippen LogP contribution < -0.4 is 0 Å². The maximum atomic E-state index is 9.06. The minimum Gasteiger partial charge on any atom is -0.468 e. The van der Waals surface area contributed by atoms with Crippen LogP contribution in [0.5, 0.6) is 0 Å². The van der Waals surface area contributed by atoms with Crippen LogP contribution in [-0.4, -0.2) is 29.7 Å². The predicted molar refractivity (Wildman–Crippen MR) is 65.3 cm³/mol. The molecule has 0 aromatic carbocycles. The van der Waals surface area contributed by atoms with Crippen molar-refractivity contribution in [3.8, 4) is 0 Å². The van der Waals surface area contributed by atoms with Gasteiger partial charge in [0.05, 0.1) is 19.4 Å². The van der Waals surface area contributed by atoms with Crippen molar-refractivity contribution in [1.82, 2.24) is 4.90 Å². The van der Waals surface area contributed by atoms with E-state index < -0.39 is 0 Å². The van der Waals surface area contributed by atoms with E-state index in [-0.39, 0.29) is 12.0 Å². The van der Waals surface area contributed by atoms with Crippen LogP contribution in [0.3, 0.4) is 0 Å². The van der Waals surface area contributed by atoms with E-state index >= 15 is 0 Å². The van der Waals surface area contributed by atoms with Gasteiger partial charge in [-0.3, -0.25) is 4.90 Å². The van der Waals surface area contributed by atoms with Crippen LogP contribution in [0.25, 0.3) is 0 Å². The van der Waals surface area contributed by atoms with E-state index in [0.29, 0.717) is 6.54 Å². The summed E-state index contributed by atoms with van der Waals surface area (Å²) in [5.74, 6) is 0.998. The van der Waals surface area contributed by atoms with Crippen LogP contribution in [-0.2, 0) is 6.54 Å². The first-order valence-corrected chi connectivity index (χ1v) is 5.78. The first kappa shape index (κ1) is 13.3. The number of rotatable bonds is 5. The van der Waals surface area contributed by atoms with Crippen molar-refractivity contribution in [2.45, 2.75) is 34.2 Å². The molecule has 0 unspecified atom stereocenters. The van der Waals surface area contributed by atoms with E-state index in [1.807, 2.05) is 13.0 Å². The number of nitrogens with zero attached hydrogens (tertiary/aromatic N) is 1. The molecule has 3 heteroatoms. The van der Waals surface area contributed by atoms with Gasteiger partial charge in [0.15, 0.2) is 0 Å². The van der Waals surface area contributed by atoms with Gasteiger partial charge in [0.25, 0.3) is 0 Å². The maximum Gasteiger partial charge on any atom is 0.120 e. The van der Waals surface area contributed by atoms with E-state index in [1.165, 1.54) is 5.56 Å². The molecule has 16 heavy (non-hydrogen) atoms. The summed E-state index contributed by atoms with van der Waals surface area (Å²) >= 11 is 0. The molecule has 0 fully saturated rings. The molecule has 0 atom stereocenters. The summed E-state index contributed by atoms with van der Waals surface area (Å²) in [6.45, 7) is 11.3. The molecule has 1 aromatic heterocycles. The molecule has 0 amide bonds. The number of furan rings is 1.